The molecule has 3 nitrogen and oxygen atoms in total. The number of hydrogen-bond acceptors (Lipinski definition) is 3. The summed E-state index contributed by atoms with van der Waals surface area (Å²) in [7, 11) is 0. The van der Waals surface area contributed by atoms with Gasteiger partial charge in [-0.3, -0.25) is 4.79 Å². The summed E-state index contributed by atoms with van der Waals surface area (Å²) in [6, 6.07) is 24.8. The molecule has 4 aromatic rings. The van der Waals surface area contributed by atoms with E-state index < -0.39 is 11.6 Å². The van der Waals surface area contributed by atoms with E-state index in [1.165, 1.54) is 18.2 Å². The van der Waals surface area contributed by atoms with Crippen molar-refractivity contribution in [2.45, 2.75) is 13.5 Å². The lowest BCUT2D eigenvalue weighted by Gasteiger charge is -2.10. The second-order valence-electron chi connectivity index (χ2n) is 8.03. The van der Waals surface area contributed by atoms with E-state index in [9.17, 15) is 13.6 Å². The van der Waals surface area contributed by atoms with E-state index in [-0.39, 0.29) is 23.7 Å². The Bertz CT molecular complexity index is 1390. The van der Waals surface area contributed by atoms with Gasteiger partial charge in [0.1, 0.15) is 29.7 Å². The minimum atomic E-state index is -0.673. The molecule has 5 rings (SSSR count). The van der Waals surface area contributed by atoms with E-state index in [0.29, 0.717) is 22.6 Å². The van der Waals surface area contributed by atoms with Gasteiger partial charge in [-0.1, -0.05) is 60.7 Å². The number of carbonyl (C=O) groups excluding carboxylic acids is 1. The highest BCUT2D eigenvalue weighted by atomic mass is 19.1. The molecular formula is C29H20F2O3. The van der Waals surface area contributed by atoms with Gasteiger partial charge in [-0.25, -0.2) is 8.78 Å². The molecular weight excluding hydrogens is 434 g/mol. The van der Waals surface area contributed by atoms with Crippen molar-refractivity contribution in [3.63, 3.8) is 0 Å². The molecule has 0 amide bonds. The van der Waals surface area contributed by atoms with Crippen LogP contribution in [0.25, 0.3) is 17.2 Å². The zero-order valence-corrected chi connectivity index (χ0v) is 18.3. The van der Waals surface area contributed by atoms with Crippen molar-refractivity contribution in [1.29, 1.82) is 0 Å². The molecule has 1 aliphatic heterocycles. The number of ketones is 1. The Kier molecular flexibility index (Phi) is 5.68. The molecule has 0 radical (unpaired) electrons. The van der Waals surface area contributed by atoms with E-state index in [2.05, 4.69) is 0 Å². The quantitative estimate of drug-likeness (QED) is 0.301. The fourth-order valence-electron chi connectivity index (χ4n) is 3.94. The van der Waals surface area contributed by atoms with Crippen LogP contribution in [0.1, 0.15) is 27.0 Å². The van der Waals surface area contributed by atoms with Crippen LogP contribution in [0.2, 0.25) is 0 Å². The minimum absolute atomic E-state index is 0.155. The largest absolute Gasteiger partial charge is 0.489 e. The maximum Gasteiger partial charge on any atom is 0.232 e. The molecule has 0 aromatic heterocycles. The molecule has 0 saturated heterocycles. The fourth-order valence-corrected chi connectivity index (χ4v) is 3.94. The molecule has 5 heteroatoms. The Labute approximate surface area is 195 Å². The van der Waals surface area contributed by atoms with E-state index in [0.717, 1.165) is 16.7 Å². The number of halogens is 2. The Morgan fingerprint density at radius 1 is 0.853 bits per heavy atom. The van der Waals surface area contributed by atoms with E-state index >= 15 is 0 Å². The molecule has 34 heavy (non-hydrogen) atoms. The van der Waals surface area contributed by atoms with Crippen molar-refractivity contribution < 1.29 is 23.0 Å². The first-order chi connectivity index (χ1) is 16.5. The van der Waals surface area contributed by atoms with Gasteiger partial charge >= 0.3 is 0 Å². The monoisotopic (exact) mass is 454 g/mol. The number of rotatable bonds is 5. The molecule has 1 heterocycles. The average Bonchev–Trinajstić information content (AvgIpc) is 3.15. The van der Waals surface area contributed by atoms with Crippen LogP contribution in [0.4, 0.5) is 8.78 Å². The van der Waals surface area contributed by atoms with Crippen LogP contribution in [0.15, 0.2) is 90.7 Å². The zero-order valence-electron chi connectivity index (χ0n) is 18.3. The summed E-state index contributed by atoms with van der Waals surface area (Å²) in [6.45, 7) is 1.50. The van der Waals surface area contributed by atoms with Gasteiger partial charge in [-0.15, -0.1) is 0 Å². The Morgan fingerprint density at radius 3 is 2.24 bits per heavy atom. The lowest BCUT2D eigenvalue weighted by atomic mass is 10.0. The molecule has 4 aromatic carbocycles. The number of ether oxygens (including phenoxy) is 2. The van der Waals surface area contributed by atoms with Crippen LogP contribution in [-0.4, -0.2) is 5.78 Å². The summed E-state index contributed by atoms with van der Waals surface area (Å²) in [4.78, 5) is 13.0. The van der Waals surface area contributed by atoms with Gasteiger partial charge < -0.3 is 9.47 Å². The lowest BCUT2D eigenvalue weighted by molar-refractivity contribution is 0.101. The SMILES string of the molecule is Cc1cc(OCc2c(F)cccc2F)cc2c1C(=O)/C(=C/c1ccc(-c3ccccc3)cc1)O2. The van der Waals surface area contributed by atoms with Gasteiger partial charge in [0, 0.05) is 6.07 Å². The Balaban J connectivity index is 1.36. The molecule has 0 unspecified atom stereocenters. The molecule has 0 atom stereocenters. The van der Waals surface area contributed by atoms with Crippen molar-refractivity contribution >= 4 is 11.9 Å². The Hall–Kier alpha value is -4.25. The first-order valence-corrected chi connectivity index (χ1v) is 10.8. The third-order valence-electron chi connectivity index (χ3n) is 5.70. The number of hydrogen-bond donors (Lipinski definition) is 0. The van der Waals surface area contributed by atoms with Crippen LogP contribution in [0, 0.1) is 18.6 Å². The van der Waals surface area contributed by atoms with Crippen LogP contribution in [0.5, 0.6) is 11.5 Å². The van der Waals surface area contributed by atoms with Crippen molar-refractivity contribution in [2.75, 3.05) is 0 Å². The maximum atomic E-state index is 13.9. The predicted molar refractivity (Wildman–Crippen MR) is 127 cm³/mol. The van der Waals surface area contributed by atoms with Crippen molar-refractivity contribution in [1.82, 2.24) is 0 Å². The van der Waals surface area contributed by atoms with E-state index in [1.807, 2.05) is 54.6 Å². The van der Waals surface area contributed by atoms with Gasteiger partial charge in [0.15, 0.2) is 5.76 Å². The lowest BCUT2D eigenvalue weighted by Crippen LogP contribution is -2.02. The number of allylic oxidation sites excluding steroid dienone is 1. The smallest absolute Gasteiger partial charge is 0.232 e. The third-order valence-corrected chi connectivity index (χ3v) is 5.70. The second-order valence-corrected chi connectivity index (χ2v) is 8.03. The summed E-state index contributed by atoms with van der Waals surface area (Å²) in [5.74, 6) is -0.629. The van der Waals surface area contributed by atoms with E-state index in [4.69, 9.17) is 9.47 Å². The predicted octanol–water partition coefficient (Wildman–Crippen LogP) is 7.14. The first-order valence-electron chi connectivity index (χ1n) is 10.8. The standard InChI is InChI=1S/C29H20F2O3/c1-18-14-22(33-17-23-24(30)8-5-9-25(23)31)16-26-28(18)29(32)27(34-26)15-19-10-12-21(13-11-19)20-6-3-2-4-7-20/h2-16H,17H2,1H3/b27-15-. The first kappa shape index (κ1) is 21.6. The van der Waals surface area contributed by atoms with Crippen LogP contribution < -0.4 is 9.47 Å². The number of Topliss-reactive ketones (excluding diaryl/α,β-unsaturated/α-hetero) is 1. The Morgan fingerprint density at radius 2 is 1.53 bits per heavy atom. The highest BCUT2D eigenvalue weighted by molar-refractivity contribution is 6.15. The maximum absolute atomic E-state index is 13.9. The summed E-state index contributed by atoms with van der Waals surface area (Å²) < 4.78 is 39.2. The van der Waals surface area contributed by atoms with Gasteiger partial charge in [0.25, 0.3) is 0 Å². The third kappa shape index (κ3) is 4.20. The molecule has 0 aliphatic carbocycles. The summed E-state index contributed by atoms with van der Waals surface area (Å²) in [5.41, 5.74) is 3.98. The zero-order chi connectivity index (χ0) is 23.7. The summed E-state index contributed by atoms with van der Waals surface area (Å²) in [5, 5.41) is 0. The molecule has 0 spiro atoms. The topological polar surface area (TPSA) is 35.5 Å². The minimum Gasteiger partial charge on any atom is -0.489 e. The average molecular weight is 454 g/mol. The number of benzene rings is 4. The van der Waals surface area contributed by atoms with E-state index in [1.54, 1.807) is 25.1 Å². The molecule has 1 aliphatic rings. The van der Waals surface area contributed by atoms with Crippen LogP contribution in [0.3, 0.4) is 0 Å². The second kappa shape index (κ2) is 8.94. The van der Waals surface area contributed by atoms with Gasteiger partial charge in [-0.2, -0.15) is 0 Å². The summed E-state index contributed by atoms with van der Waals surface area (Å²) >= 11 is 0. The van der Waals surface area contributed by atoms with Crippen LogP contribution >= 0.6 is 0 Å². The van der Waals surface area contributed by atoms with Gasteiger partial charge in [0.05, 0.1) is 11.1 Å². The fraction of sp³-hybridized carbons (Fsp3) is 0.0690. The van der Waals surface area contributed by atoms with Crippen molar-refractivity contribution in [3.05, 3.63) is 125 Å². The number of carbonyl (C=O) groups is 1. The molecule has 0 saturated carbocycles. The van der Waals surface area contributed by atoms with Crippen molar-refractivity contribution in [2.24, 2.45) is 0 Å². The molecule has 0 bridgehead atoms. The normalized spacial score (nSPS) is 13.6. The van der Waals surface area contributed by atoms with Crippen molar-refractivity contribution in [3.8, 4) is 22.6 Å². The van der Waals surface area contributed by atoms with Gasteiger partial charge in [-0.05, 0) is 53.5 Å². The number of aryl methyl sites for hydroxylation is 1. The molecule has 168 valence electrons. The molecule has 0 fully saturated rings. The summed E-state index contributed by atoms with van der Waals surface area (Å²) in [6.07, 6.45) is 1.70. The van der Waals surface area contributed by atoms with Crippen LogP contribution in [-0.2, 0) is 6.61 Å². The number of fused-ring (bicyclic) bond motifs is 1. The highest BCUT2D eigenvalue weighted by Gasteiger charge is 2.30. The highest BCUT2D eigenvalue weighted by Crippen LogP contribution is 2.38. The van der Waals surface area contributed by atoms with Gasteiger partial charge in [0.2, 0.25) is 5.78 Å². The molecule has 0 N–H and O–H groups in total.